The molecule has 1 aromatic carbocycles. The normalized spacial score (nSPS) is 15.8. The van der Waals surface area contributed by atoms with E-state index in [-0.39, 0.29) is 5.91 Å². The van der Waals surface area contributed by atoms with Gasteiger partial charge in [-0.3, -0.25) is 4.79 Å². The molecule has 80 valence electrons. The summed E-state index contributed by atoms with van der Waals surface area (Å²) in [6, 6.07) is 5.78. The van der Waals surface area contributed by atoms with Crippen LogP contribution in [0.2, 0.25) is 0 Å². The molecule has 0 atom stereocenters. The highest BCUT2D eigenvalue weighted by atomic mass is 16.1. The Morgan fingerprint density at radius 2 is 2.20 bits per heavy atom. The topological polar surface area (TPSA) is 55.1 Å². The van der Waals surface area contributed by atoms with Gasteiger partial charge in [-0.2, -0.15) is 0 Å². The first kappa shape index (κ1) is 10.0. The van der Waals surface area contributed by atoms with Crippen LogP contribution in [0, 0.1) is 6.92 Å². The van der Waals surface area contributed by atoms with Gasteiger partial charge >= 0.3 is 0 Å². The number of carbonyl (C=O) groups is 1. The predicted octanol–water partition coefficient (Wildman–Crippen LogP) is 1.86. The molecule has 15 heavy (non-hydrogen) atoms. The van der Waals surface area contributed by atoms with E-state index in [4.69, 9.17) is 5.73 Å². The molecule has 3 N–H and O–H groups in total. The van der Waals surface area contributed by atoms with Crippen LogP contribution in [0.4, 0.5) is 5.69 Å². The molecule has 0 heterocycles. The number of nitrogens with one attached hydrogen (secondary N) is 1. The number of carbonyl (C=O) groups excluding carboxylic acids is 1. The number of aryl methyl sites for hydroxylation is 1. The monoisotopic (exact) mass is 204 g/mol. The molecule has 0 bridgehead atoms. The molecule has 3 nitrogen and oxygen atoms in total. The lowest BCUT2D eigenvalue weighted by Gasteiger charge is -2.26. The molecule has 2 rings (SSSR count). The summed E-state index contributed by atoms with van der Waals surface area (Å²) >= 11 is 0. The fraction of sp³-hybridized carbons (Fsp3) is 0.417. The lowest BCUT2D eigenvalue weighted by atomic mass is 9.93. The van der Waals surface area contributed by atoms with Crippen molar-refractivity contribution in [2.24, 2.45) is 0 Å². The molecule has 1 aliphatic rings. The van der Waals surface area contributed by atoms with Crippen LogP contribution in [0.25, 0.3) is 0 Å². The van der Waals surface area contributed by atoms with Gasteiger partial charge in [0, 0.05) is 17.3 Å². The highest BCUT2D eigenvalue weighted by molar-refractivity contribution is 5.95. The van der Waals surface area contributed by atoms with E-state index in [9.17, 15) is 4.79 Å². The van der Waals surface area contributed by atoms with Crippen LogP contribution in [0.15, 0.2) is 18.2 Å². The maximum atomic E-state index is 11.8. The van der Waals surface area contributed by atoms with Crippen LogP contribution in [-0.4, -0.2) is 11.9 Å². The van der Waals surface area contributed by atoms with E-state index in [2.05, 4.69) is 5.32 Å². The summed E-state index contributed by atoms with van der Waals surface area (Å²) in [6.07, 6.45) is 3.45. The van der Waals surface area contributed by atoms with Gasteiger partial charge in [-0.15, -0.1) is 0 Å². The molecule has 1 fully saturated rings. The molecule has 1 aromatic rings. The Balaban J connectivity index is 2.07. The smallest absolute Gasteiger partial charge is 0.251 e. The van der Waals surface area contributed by atoms with Crippen molar-refractivity contribution in [1.29, 1.82) is 0 Å². The number of nitrogen functional groups attached to an aromatic ring is 1. The Morgan fingerprint density at radius 1 is 1.47 bits per heavy atom. The lowest BCUT2D eigenvalue weighted by molar-refractivity contribution is 0.0917. The van der Waals surface area contributed by atoms with Crippen molar-refractivity contribution in [2.75, 3.05) is 5.73 Å². The average Bonchev–Trinajstić information content (AvgIpc) is 2.15. The van der Waals surface area contributed by atoms with Crippen molar-refractivity contribution >= 4 is 11.6 Å². The molecule has 0 spiro atoms. The van der Waals surface area contributed by atoms with E-state index >= 15 is 0 Å². The number of rotatable bonds is 2. The summed E-state index contributed by atoms with van der Waals surface area (Å²) < 4.78 is 0. The highest BCUT2D eigenvalue weighted by Gasteiger charge is 2.19. The van der Waals surface area contributed by atoms with Gasteiger partial charge in [-0.05, 0) is 49.9 Å². The van der Waals surface area contributed by atoms with Crippen LogP contribution in [0.3, 0.4) is 0 Å². The quantitative estimate of drug-likeness (QED) is 0.722. The summed E-state index contributed by atoms with van der Waals surface area (Å²) in [5.41, 5.74) is 8.08. The van der Waals surface area contributed by atoms with E-state index in [0.717, 1.165) is 24.1 Å². The average molecular weight is 204 g/mol. The van der Waals surface area contributed by atoms with Gasteiger partial charge < -0.3 is 11.1 Å². The molecular weight excluding hydrogens is 188 g/mol. The van der Waals surface area contributed by atoms with E-state index < -0.39 is 0 Å². The van der Waals surface area contributed by atoms with Gasteiger partial charge in [0.05, 0.1) is 0 Å². The zero-order valence-electron chi connectivity index (χ0n) is 8.92. The zero-order chi connectivity index (χ0) is 10.8. The standard InChI is InChI=1S/C12H16N2O/c1-8-7-9(5-6-11(8)13)12(15)14-10-3-2-4-10/h5-7,10H,2-4,13H2,1H3,(H,14,15). The van der Waals surface area contributed by atoms with E-state index in [0.29, 0.717) is 11.6 Å². The van der Waals surface area contributed by atoms with Gasteiger partial charge in [-0.1, -0.05) is 0 Å². The minimum atomic E-state index is 0.0165. The molecule has 1 saturated carbocycles. The van der Waals surface area contributed by atoms with Crippen LogP contribution in [0.5, 0.6) is 0 Å². The summed E-state index contributed by atoms with van der Waals surface area (Å²) in [5, 5.41) is 3.00. The number of hydrogen-bond donors (Lipinski definition) is 2. The highest BCUT2D eigenvalue weighted by Crippen LogP contribution is 2.19. The van der Waals surface area contributed by atoms with Crippen molar-refractivity contribution in [3.8, 4) is 0 Å². The molecule has 0 aliphatic heterocycles. The first-order valence-electron chi connectivity index (χ1n) is 5.34. The number of benzene rings is 1. The summed E-state index contributed by atoms with van der Waals surface area (Å²) in [7, 11) is 0. The second-order valence-corrected chi connectivity index (χ2v) is 4.17. The molecule has 1 aliphatic carbocycles. The maximum Gasteiger partial charge on any atom is 0.251 e. The fourth-order valence-corrected chi connectivity index (χ4v) is 1.64. The maximum absolute atomic E-state index is 11.8. The third kappa shape index (κ3) is 2.12. The van der Waals surface area contributed by atoms with Crippen molar-refractivity contribution in [1.82, 2.24) is 5.32 Å². The molecule has 0 unspecified atom stereocenters. The summed E-state index contributed by atoms with van der Waals surface area (Å²) in [5.74, 6) is 0.0165. The third-order valence-corrected chi connectivity index (χ3v) is 2.97. The lowest BCUT2D eigenvalue weighted by Crippen LogP contribution is -2.39. The Bertz CT molecular complexity index is 383. The van der Waals surface area contributed by atoms with Crippen molar-refractivity contribution in [2.45, 2.75) is 32.2 Å². The van der Waals surface area contributed by atoms with E-state index in [1.54, 1.807) is 12.1 Å². The first-order chi connectivity index (χ1) is 7.16. The first-order valence-corrected chi connectivity index (χ1v) is 5.34. The number of hydrogen-bond acceptors (Lipinski definition) is 2. The Hall–Kier alpha value is -1.51. The third-order valence-electron chi connectivity index (χ3n) is 2.97. The zero-order valence-corrected chi connectivity index (χ0v) is 8.92. The molecular formula is C12H16N2O. The van der Waals surface area contributed by atoms with Gasteiger partial charge in [0.2, 0.25) is 0 Å². The van der Waals surface area contributed by atoms with E-state index in [1.807, 2.05) is 13.0 Å². The van der Waals surface area contributed by atoms with Gasteiger partial charge in [-0.25, -0.2) is 0 Å². The van der Waals surface area contributed by atoms with Crippen molar-refractivity contribution in [3.05, 3.63) is 29.3 Å². The number of amides is 1. The Labute approximate surface area is 89.7 Å². The van der Waals surface area contributed by atoms with Gasteiger partial charge in [0.1, 0.15) is 0 Å². The minimum absolute atomic E-state index is 0.0165. The minimum Gasteiger partial charge on any atom is -0.399 e. The Kier molecular flexibility index (Phi) is 2.62. The van der Waals surface area contributed by atoms with Crippen molar-refractivity contribution in [3.63, 3.8) is 0 Å². The number of nitrogens with two attached hydrogens (primary N) is 1. The van der Waals surface area contributed by atoms with Crippen molar-refractivity contribution < 1.29 is 4.79 Å². The second kappa shape index (κ2) is 3.93. The van der Waals surface area contributed by atoms with Gasteiger partial charge in [0.25, 0.3) is 5.91 Å². The summed E-state index contributed by atoms with van der Waals surface area (Å²) in [6.45, 7) is 1.91. The van der Waals surface area contributed by atoms with Crippen LogP contribution in [-0.2, 0) is 0 Å². The van der Waals surface area contributed by atoms with E-state index in [1.165, 1.54) is 6.42 Å². The molecule has 3 heteroatoms. The van der Waals surface area contributed by atoms with Crippen LogP contribution < -0.4 is 11.1 Å². The number of anilines is 1. The van der Waals surface area contributed by atoms with Crippen LogP contribution >= 0.6 is 0 Å². The summed E-state index contributed by atoms with van der Waals surface area (Å²) in [4.78, 5) is 11.8. The van der Waals surface area contributed by atoms with Gasteiger partial charge in [0.15, 0.2) is 0 Å². The SMILES string of the molecule is Cc1cc(C(=O)NC2CCC2)ccc1N. The second-order valence-electron chi connectivity index (χ2n) is 4.17. The largest absolute Gasteiger partial charge is 0.399 e. The molecule has 0 saturated heterocycles. The molecule has 1 amide bonds. The van der Waals surface area contributed by atoms with Crippen LogP contribution in [0.1, 0.15) is 35.2 Å². The molecule has 0 aromatic heterocycles. The molecule has 0 radical (unpaired) electrons. The Morgan fingerprint density at radius 3 is 2.73 bits per heavy atom. The fourth-order valence-electron chi connectivity index (χ4n) is 1.64. The predicted molar refractivity (Wildman–Crippen MR) is 60.7 cm³/mol.